The van der Waals surface area contributed by atoms with E-state index >= 15 is 0 Å². The fourth-order valence-electron chi connectivity index (χ4n) is 0.818. The fraction of sp³-hybridized carbons (Fsp3) is 0.556. The average molecular weight is 186 g/mol. The van der Waals surface area contributed by atoms with Gasteiger partial charge in [-0.2, -0.15) is 0 Å². The second-order valence-electron chi connectivity index (χ2n) is 2.70. The first-order valence-corrected chi connectivity index (χ1v) is 4.13. The maximum absolute atomic E-state index is 10.4. The lowest BCUT2D eigenvalue weighted by Gasteiger charge is -1.99. The number of rotatable bonds is 4. The number of esters is 1. The summed E-state index contributed by atoms with van der Waals surface area (Å²) >= 11 is 0. The molecule has 4 heteroatoms. The Hall–Kier alpha value is -1.32. The number of carboxylic acids is 1. The van der Waals surface area contributed by atoms with Gasteiger partial charge < -0.3 is 9.84 Å². The van der Waals surface area contributed by atoms with Crippen LogP contribution in [0.1, 0.15) is 26.7 Å². The Labute approximate surface area is 77.2 Å². The Morgan fingerprint density at radius 3 is 2.54 bits per heavy atom. The monoisotopic (exact) mass is 186 g/mol. The van der Waals surface area contributed by atoms with Crippen molar-refractivity contribution in [1.82, 2.24) is 0 Å². The van der Waals surface area contributed by atoms with Gasteiger partial charge in [-0.3, -0.25) is 0 Å². The van der Waals surface area contributed by atoms with Crippen LogP contribution in [0.2, 0.25) is 0 Å². The molecule has 0 heterocycles. The van der Waals surface area contributed by atoms with E-state index < -0.39 is 11.9 Å². The van der Waals surface area contributed by atoms with Gasteiger partial charge in [-0.1, -0.05) is 18.9 Å². The summed E-state index contributed by atoms with van der Waals surface area (Å²) in [4.78, 5) is 20.4. The van der Waals surface area contributed by atoms with E-state index in [9.17, 15) is 9.59 Å². The summed E-state index contributed by atoms with van der Waals surface area (Å²) < 4.78 is 4.41. The van der Waals surface area contributed by atoms with E-state index in [4.69, 9.17) is 5.11 Å². The molecule has 13 heavy (non-hydrogen) atoms. The topological polar surface area (TPSA) is 63.6 Å². The summed E-state index contributed by atoms with van der Waals surface area (Å²) in [6.45, 7) is 4.00. The third-order valence-electron chi connectivity index (χ3n) is 1.47. The Balaban J connectivity index is 3.72. The predicted molar refractivity (Wildman–Crippen MR) is 47.3 cm³/mol. The van der Waals surface area contributed by atoms with Crippen molar-refractivity contribution in [2.75, 3.05) is 6.61 Å². The van der Waals surface area contributed by atoms with Crippen molar-refractivity contribution in [3.63, 3.8) is 0 Å². The smallest absolute Gasteiger partial charge is 0.417 e. The molecule has 0 aromatic rings. The standard InChI is InChI=1S/C9H14O4/c1-3-4-7(2)5-6-13-9(12)8(10)11/h5H,3-4,6H2,1-2H3,(H,10,11). The zero-order valence-corrected chi connectivity index (χ0v) is 7.87. The van der Waals surface area contributed by atoms with Crippen LogP contribution < -0.4 is 0 Å². The molecule has 0 aliphatic rings. The minimum atomic E-state index is -1.55. The normalized spacial score (nSPS) is 11.1. The minimum absolute atomic E-state index is 0.0387. The molecule has 0 bridgehead atoms. The molecule has 0 aliphatic heterocycles. The molecule has 0 fully saturated rings. The summed E-state index contributed by atoms with van der Waals surface area (Å²) in [6.07, 6.45) is 3.67. The van der Waals surface area contributed by atoms with E-state index in [1.165, 1.54) is 0 Å². The van der Waals surface area contributed by atoms with Crippen molar-refractivity contribution in [2.24, 2.45) is 0 Å². The number of hydrogen-bond donors (Lipinski definition) is 1. The maximum Gasteiger partial charge on any atom is 0.417 e. The maximum atomic E-state index is 10.4. The lowest BCUT2D eigenvalue weighted by atomic mass is 10.2. The molecular formula is C9H14O4. The molecule has 4 nitrogen and oxygen atoms in total. The van der Waals surface area contributed by atoms with Crippen molar-refractivity contribution in [3.05, 3.63) is 11.6 Å². The molecular weight excluding hydrogens is 172 g/mol. The number of hydrogen-bond acceptors (Lipinski definition) is 3. The molecule has 0 amide bonds. The Morgan fingerprint density at radius 2 is 2.08 bits per heavy atom. The summed E-state index contributed by atoms with van der Waals surface area (Å²) in [7, 11) is 0. The number of carbonyl (C=O) groups excluding carboxylic acids is 1. The van der Waals surface area contributed by atoms with Crippen LogP contribution in [0.15, 0.2) is 11.6 Å². The highest BCUT2D eigenvalue weighted by atomic mass is 16.6. The zero-order valence-electron chi connectivity index (χ0n) is 7.87. The molecule has 1 N–H and O–H groups in total. The molecule has 0 saturated carbocycles. The lowest BCUT2D eigenvalue weighted by molar-refractivity contribution is -0.163. The fourth-order valence-corrected chi connectivity index (χ4v) is 0.818. The second kappa shape index (κ2) is 6.22. The summed E-state index contributed by atoms with van der Waals surface area (Å²) in [5.74, 6) is -2.76. The van der Waals surface area contributed by atoms with Gasteiger partial charge in [0.25, 0.3) is 0 Å². The number of ether oxygens (including phenoxy) is 1. The van der Waals surface area contributed by atoms with Crippen LogP contribution in [0, 0.1) is 0 Å². The molecule has 0 aromatic carbocycles. The number of carboxylic acid groups (broad SMARTS) is 1. The van der Waals surface area contributed by atoms with Crippen molar-refractivity contribution in [1.29, 1.82) is 0 Å². The molecule has 0 spiro atoms. The SMILES string of the molecule is CCCC(C)=CCOC(=O)C(=O)O. The number of carbonyl (C=O) groups is 2. The molecule has 74 valence electrons. The summed E-state index contributed by atoms with van der Waals surface area (Å²) in [6, 6.07) is 0. The van der Waals surface area contributed by atoms with Crippen LogP contribution in [0.25, 0.3) is 0 Å². The molecule has 0 radical (unpaired) electrons. The third kappa shape index (κ3) is 5.90. The second-order valence-corrected chi connectivity index (χ2v) is 2.70. The van der Waals surface area contributed by atoms with E-state index in [1.54, 1.807) is 6.08 Å². The average Bonchev–Trinajstić information content (AvgIpc) is 2.04. The molecule has 0 aliphatic carbocycles. The van der Waals surface area contributed by atoms with Gasteiger partial charge in [0.2, 0.25) is 0 Å². The van der Waals surface area contributed by atoms with Gasteiger partial charge in [0.1, 0.15) is 6.61 Å². The van der Waals surface area contributed by atoms with Crippen molar-refractivity contribution in [3.8, 4) is 0 Å². The van der Waals surface area contributed by atoms with Gasteiger partial charge in [-0.15, -0.1) is 0 Å². The van der Waals surface area contributed by atoms with Crippen molar-refractivity contribution < 1.29 is 19.4 Å². The highest BCUT2D eigenvalue weighted by molar-refractivity contribution is 6.28. The zero-order chi connectivity index (χ0) is 10.3. The van der Waals surface area contributed by atoms with Gasteiger partial charge in [0.05, 0.1) is 0 Å². The molecule has 0 aromatic heterocycles. The first-order chi connectivity index (χ1) is 6.07. The van der Waals surface area contributed by atoms with E-state index in [0.29, 0.717) is 0 Å². The van der Waals surface area contributed by atoms with Gasteiger partial charge in [-0.25, -0.2) is 9.59 Å². The van der Waals surface area contributed by atoms with E-state index in [0.717, 1.165) is 18.4 Å². The molecule has 0 saturated heterocycles. The number of allylic oxidation sites excluding steroid dienone is 1. The Kier molecular flexibility index (Phi) is 5.59. The van der Waals surface area contributed by atoms with Gasteiger partial charge >= 0.3 is 11.9 Å². The third-order valence-corrected chi connectivity index (χ3v) is 1.47. The molecule has 0 unspecified atom stereocenters. The molecule has 0 rings (SSSR count). The van der Waals surface area contributed by atoms with Gasteiger partial charge in [0, 0.05) is 0 Å². The van der Waals surface area contributed by atoms with Crippen LogP contribution in [0.3, 0.4) is 0 Å². The van der Waals surface area contributed by atoms with Gasteiger partial charge in [-0.05, 0) is 19.4 Å². The molecule has 0 atom stereocenters. The van der Waals surface area contributed by atoms with Crippen LogP contribution in [-0.4, -0.2) is 23.7 Å². The van der Waals surface area contributed by atoms with E-state index in [-0.39, 0.29) is 6.61 Å². The van der Waals surface area contributed by atoms with E-state index in [2.05, 4.69) is 4.74 Å². The van der Waals surface area contributed by atoms with Crippen molar-refractivity contribution in [2.45, 2.75) is 26.7 Å². The summed E-state index contributed by atoms with van der Waals surface area (Å²) in [5, 5.41) is 8.16. The number of aliphatic carboxylic acids is 1. The quantitative estimate of drug-likeness (QED) is 0.409. The van der Waals surface area contributed by atoms with Crippen LogP contribution in [0.5, 0.6) is 0 Å². The highest BCUT2D eigenvalue weighted by Gasteiger charge is 2.10. The van der Waals surface area contributed by atoms with Crippen LogP contribution >= 0.6 is 0 Å². The largest absolute Gasteiger partial charge is 0.473 e. The van der Waals surface area contributed by atoms with Gasteiger partial charge in [0.15, 0.2) is 0 Å². The minimum Gasteiger partial charge on any atom is -0.473 e. The first-order valence-electron chi connectivity index (χ1n) is 4.13. The summed E-state index contributed by atoms with van der Waals surface area (Å²) in [5.41, 5.74) is 1.10. The van der Waals surface area contributed by atoms with Crippen molar-refractivity contribution >= 4 is 11.9 Å². The van der Waals surface area contributed by atoms with Crippen LogP contribution in [-0.2, 0) is 14.3 Å². The Morgan fingerprint density at radius 1 is 1.46 bits per heavy atom. The van der Waals surface area contributed by atoms with E-state index in [1.807, 2.05) is 13.8 Å². The predicted octanol–water partition coefficient (Wildman–Crippen LogP) is 1.36. The lowest BCUT2D eigenvalue weighted by Crippen LogP contribution is -2.16. The Bertz CT molecular complexity index is 218. The van der Waals surface area contributed by atoms with Crippen LogP contribution in [0.4, 0.5) is 0 Å². The highest BCUT2D eigenvalue weighted by Crippen LogP contribution is 2.02. The first kappa shape index (κ1) is 11.7.